The summed E-state index contributed by atoms with van der Waals surface area (Å²) < 4.78 is 12.8. The van der Waals surface area contributed by atoms with Crippen LogP contribution in [0.15, 0.2) is 83.1 Å². The van der Waals surface area contributed by atoms with Gasteiger partial charge in [0.25, 0.3) is 5.91 Å². The molecule has 4 rings (SSSR count). The molecular formula is C27H27N5O4S. The average Bonchev–Trinajstić information content (AvgIpc) is 3.34. The van der Waals surface area contributed by atoms with Crippen molar-refractivity contribution in [1.82, 2.24) is 20.2 Å². The molecule has 0 aliphatic carbocycles. The number of aromatic hydroxyl groups is 1. The number of amides is 1. The van der Waals surface area contributed by atoms with E-state index in [2.05, 4.69) is 20.7 Å². The fraction of sp³-hybridized carbons (Fsp3) is 0.185. The third kappa shape index (κ3) is 6.68. The van der Waals surface area contributed by atoms with Gasteiger partial charge in [-0.2, -0.15) is 5.10 Å². The first-order valence-electron chi connectivity index (χ1n) is 11.7. The van der Waals surface area contributed by atoms with Crippen LogP contribution in [-0.2, 0) is 4.79 Å². The Morgan fingerprint density at radius 1 is 1.03 bits per heavy atom. The van der Waals surface area contributed by atoms with Crippen LogP contribution in [0.1, 0.15) is 19.4 Å². The maximum Gasteiger partial charge on any atom is 0.250 e. The van der Waals surface area contributed by atoms with Crippen LogP contribution in [0.5, 0.6) is 17.2 Å². The molecule has 0 fully saturated rings. The van der Waals surface area contributed by atoms with Gasteiger partial charge in [0.2, 0.25) is 0 Å². The third-order valence-corrected chi connectivity index (χ3v) is 6.02. The van der Waals surface area contributed by atoms with E-state index in [0.717, 1.165) is 17.0 Å². The van der Waals surface area contributed by atoms with E-state index in [9.17, 15) is 9.90 Å². The van der Waals surface area contributed by atoms with Crippen LogP contribution in [0, 0.1) is 0 Å². The van der Waals surface area contributed by atoms with Crippen molar-refractivity contribution in [3.05, 3.63) is 78.4 Å². The number of benzene rings is 3. The lowest BCUT2D eigenvalue weighted by Crippen LogP contribution is -2.20. The van der Waals surface area contributed by atoms with E-state index < -0.39 is 0 Å². The van der Waals surface area contributed by atoms with E-state index in [1.807, 2.05) is 73.0 Å². The van der Waals surface area contributed by atoms with Gasteiger partial charge in [-0.1, -0.05) is 42.1 Å². The molecule has 1 heterocycles. The second kappa shape index (κ2) is 12.6. The highest BCUT2D eigenvalue weighted by atomic mass is 32.2. The van der Waals surface area contributed by atoms with Crippen LogP contribution in [0.3, 0.4) is 0 Å². The number of hydrogen-bond donors (Lipinski definition) is 2. The average molecular weight is 518 g/mol. The molecular weight excluding hydrogens is 490 g/mol. The highest BCUT2D eigenvalue weighted by Gasteiger charge is 2.17. The van der Waals surface area contributed by atoms with Crippen LogP contribution >= 0.6 is 11.8 Å². The molecule has 0 saturated heterocycles. The summed E-state index contributed by atoms with van der Waals surface area (Å²) in [6.07, 6.45) is 1.49. The number of aromatic nitrogens is 3. The van der Waals surface area contributed by atoms with Crippen LogP contribution in [0.25, 0.3) is 17.1 Å². The van der Waals surface area contributed by atoms with E-state index >= 15 is 0 Å². The molecule has 0 aliphatic rings. The molecule has 37 heavy (non-hydrogen) atoms. The molecule has 0 unspecified atom stereocenters. The first-order chi connectivity index (χ1) is 18.1. The zero-order valence-corrected chi connectivity index (χ0v) is 21.3. The summed E-state index contributed by atoms with van der Waals surface area (Å²) in [5.41, 5.74) is 4.96. The standard InChI is InChI=1S/C27H27N5O4S/c1-3-35-22-13-11-21(12-14-22)32-26(20-8-6-5-7-9-20)30-31-27(32)37-18-25(34)29-28-17-19-10-15-23(33)24(16-19)36-4-2/h5-17,33H,3-4,18H2,1-2H3,(H,29,34). The van der Waals surface area contributed by atoms with Gasteiger partial charge in [0.1, 0.15) is 5.75 Å². The zero-order valence-electron chi connectivity index (χ0n) is 20.5. The number of nitrogens with zero attached hydrogens (tertiary/aromatic N) is 4. The minimum atomic E-state index is -0.299. The van der Waals surface area contributed by atoms with Crippen molar-refractivity contribution in [2.75, 3.05) is 19.0 Å². The van der Waals surface area contributed by atoms with E-state index in [1.165, 1.54) is 24.0 Å². The summed E-state index contributed by atoms with van der Waals surface area (Å²) in [5, 5.41) is 23.1. The number of rotatable bonds is 11. The number of thioether (sulfide) groups is 1. The van der Waals surface area contributed by atoms with Crippen LogP contribution in [0.4, 0.5) is 0 Å². The topological polar surface area (TPSA) is 111 Å². The number of carbonyl (C=O) groups is 1. The molecule has 0 spiro atoms. The Morgan fingerprint density at radius 3 is 2.51 bits per heavy atom. The zero-order chi connectivity index (χ0) is 26.0. The van der Waals surface area contributed by atoms with Crippen molar-refractivity contribution in [2.45, 2.75) is 19.0 Å². The predicted molar refractivity (Wildman–Crippen MR) is 144 cm³/mol. The van der Waals surface area contributed by atoms with Crippen LogP contribution in [-0.4, -0.2) is 51.0 Å². The molecule has 1 aromatic heterocycles. The van der Waals surface area contributed by atoms with Crippen LogP contribution < -0.4 is 14.9 Å². The van der Waals surface area contributed by atoms with Crippen molar-refractivity contribution in [1.29, 1.82) is 0 Å². The van der Waals surface area contributed by atoms with Crippen molar-refractivity contribution >= 4 is 23.9 Å². The van der Waals surface area contributed by atoms with Gasteiger partial charge < -0.3 is 14.6 Å². The maximum atomic E-state index is 12.5. The lowest BCUT2D eigenvalue weighted by Gasteiger charge is -2.11. The molecule has 0 bridgehead atoms. The molecule has 4 aromatic rings. The minimum Gasteiger partial charge on any atom is -0.504 e. The van der Waals surface area contributed by atoms with Crippen LogP contribution in [0.2, 0.25) is 0 Å². The van der Waals surface area contributed by atoms with Crippen molar-refractivity contribution in [3.8, 4) is 34.3 Å². The molecule has 0 radical (unpaired) electrons. The number of nitrogens with one attached hydrogen (secondary N) is 1. The SMILES string of the molecule is CCOc1ccc(-n2c(SCC(=O)NN=Cc3ccc(O)c(OCC)c3)nnc2-c2ccccc2)cc1. The largest absolute Gasteiger partial charge is 0.504 e. The lowest BCUT2D eigenvalue weighted by molar-refractivity contribution is -0.118. The number of phenols is 1. The van der Waals surface area contributed by atoms with E-state index in [-0.39, 0.29) is 17.4 Å². The minimum absolute atomic E-state index is 0.0472. The Morgan fingerprint density at radius 2 is 1.78 bits per heavy atom. The van der Waals surface area contributed by atoms with Gasteiger partial charge in [0, 0.05) is 11.3 Å². The Labute approximate surface area is 219 Å². The number of ether oxygens (including phenoxy) is 2. The summed E-state index contributed by atoms with van der Waals surface area (Å²) in [4.78, 5) is 12.5. The summed E-state index contributed by atoms with van der Waals surface area (Å²) >= 11 is 1.26. The van der Waals surface area contributed by atoms with Gasteiger partial charge in [-0.25, -0.2) is 5.43 Å². The quantitative estimate of drug-likeness (QED) is 0.169. The molecule has 9 nitrogen and oxygen atoms in total. The molecule has 2 N–H and O–H groups in total. The molecule has 0 atom stereocenters. The highest BCUT2D eigenvalue weighted by molar-refractivity contribution is 7.99. The molecule has 3 aromatic carbocycles. The second-order valence-electron chi connectivity index (χ2n) is 7.68. The summed E-state index contributed by atoms with van der Waals surface area (Å²) in [5.74, 6) is 1.63. The molecule has 1 amide bonds. The fourth-order valence-electron chi connectivity index (χ4n) is 3.45. The summed E-state index contributed by atoms with van der Waals surface area (Å²) in [6, 6.07) is 22.2. The van der Waals surface area contributed by atoms with E-state index in [1.54, 1.807) is 12.1 Å². The molecule has 10 heteroatoms. The van der Waals surface area contributed by atoms with Crippen molar-refractivity contribution in [3.63, 3.8) is 0 Å². The van der Waals surface area contributed by atoms with Gasteiger partial charge in [0.15, 0.2) is 22.5 Å². The summed E-state index contributed by atoms with van der Waals surface area (Å²) in [7, 11) is 0. The normalized spacial score (nSPS) is 11.0. The van der Waals surface area contributed by atoms with Gasteiger partial charge in [-0.3, -0.25) is 9.36 Å². The molecule has 0 saturated carbocycles. The van der Waals surface area contributed by atoms with E-state index in [0.29, 0.717) is 35.5 Å². The fourth-order valence-corrected chi connectivity index (χ4v) is 4.20. The highest BCUT2D eigenvalue weighted by Crippen LogP contribution is 2.29. The number of hydrazone groups is 1. The van der Waals surface area contributed by atoms with Gasteiger partial charge in [0.05, 0.1) is 25.2 Å². The van der Waals surface area contributed by atoms with Crippen molar-refractivity contribution < 1.29 is 19.4 Å². The first-order valence-corrected chi connectivity index (χ1v) is 12.7. The lowest BCUT2D eigenvalue weighted by atomic mass is 10.2. The van der Waals surface area contributed by atoms with Gasteiger partial charge in [-0.05, 0) is 61.9 Å². The number of carbonyl (C=O) groups excluding carboxylic acids is 1. The third-order valence-electron chi connectivity index (χ3n) is 5.09. The summed E-state index contributed by atoms with van der Waals surface area (Å²) in [6.45, 7) is 4.78. The Bertz CT molecular complexity index is 1360. The Hall–Kier alpha value is -4.31. The number of phenolic OH excluding ortho intramolecular Hbond substituents is 1. The smallest absolute Gasteiger partial charge is 0.250 e. The predicted octanol–water partition coefficient (Wildman–Crippen LogP) is 4.68. The first kappa shape index (κ1) is 25.8. The van der Waals surface area contributed by atoms with Gasteiger partial charge >= 0.3 is 0 Å². The second-order valence-corrected chi connectivity index (χ2v) is 8.62. The molecule has 0 aliphatic heterocycles. The Balaban J connectivity index is 1.47. The molecule has 190 valence electrons. The van der Waals surface area contributed by atoms with Gasteiger partial charge in [-0.15, -0.1) is 10.2 Å². The number of hydrogen-bond acceptors (Lipinski definition) is 8. The van der Waals surface area contributed by atoms with Crippen molar-refractivity contribution in [2.24, 2.45) is 5.10 Å². The van der Waals surface area contributed by atoms with E-state index in [4.69, 9.17) is 9.47 Å². The Kier molecular flexibility index (Phi) is 8.77. The maximum absolute atomic E-state index is 12.5. The monoisotopic (exact) mass is 517 g/mol.